The third-order valence-electron chi connectivity index (χ3n) is 5.25. The van der Waals surface area contributed by atoms with Crippen LogP contribution in [-0.2, 0) is 17.8 Å². The minimum atomic E-state index is -0.161. The predicted octanol–water partition coefficient (Wildman–Crippen LogP) is 2.88. The number of carbonyl (C=O) groups excluding carboxylic acids is 2. The molecule has 1 aromatic heterocycles. The Morgan fingerprint density at radius 2 is 2.00 bits per heavy atom. The highest BCUT2D eigenvalue weighted by molar-refractivity contribution is 5.95. The van der Waals surface area contributed by atoms with Gasteiger partial charge >= 0.3 is 6.03 Å². The van der Waals surface area contributed by atoms with Gasteiger partial charge in [0.15, 0.2) is 0 Å². The van der Waals surface area contributed by atoms with E-state index in [1.54, 1.807) is 53.5 Å². The molecule has 0 spiro atoms. The van der Waals surface area contributed by atoms with Gasteiger partial charge in [0, 0.05) is 56.9 Å². The molecule has 1 aromatic carbocycles. The van der Waals surface area contributed by atoms with Crippen molar-refractivity contribution in [2.75, 3.05) is 25.5 Å². The Morgan fingerprint density at radius 1 is 1.21 bits per heavy atom. The summed E-state index contributed by atoms with van der Waals surface area (Å²) in [6.45, 7) is 2.51. The number of hydrogen-bond acceptors (Lipinski definition) is 4. The molecule has 146 valence electrons. The van der Waals surface area contributed by atoms with Gasteiger partial charge in [-0.25, -0.2) is 4.79 Å². The SMILES string of the molecule is CN(CC1CCCO1)C(=O)c1ccc(NC(=O)N2Cc3ccncc3C2)cc1. The van der Waals surface area contributed by atoms with Gasteiger partial charge in [-0.3, -0.25) is 9.78 Å². The lowest BCUT2D eigenvalue weighted by molar-refractivity contribution is 0.0587. The minimum Gasteiger partial charge on any atom is -0.376 e. The van der Waals surface area contributed by atoms with Gasteiger partial charge in [0.2, 0.25) is 0 Å². The third kappa shape index (κ3) is 3.99. The number of likely N-dealkylation sites (N-methyl/N-ethyl adjacent to an activating group) is 1. The van der Waals surface area contributed by atoms with Crippen LogP contribution in [0.15, 0.2) is 42.7 Å². The summed E-state index contributed by atoms with van der Waals surface area (Å²) >= 11 is 0. The summed E-state index contributed by atoms with van der Waals surface area (Å²) in [5.74, 6) is -0.0455. The molecule has 2 aliphatic heterocycles. The fraction of sp³-hybridized carbons (Fsp3) is 0.381. The molecule has 1 atom stereocenters. The molecule has 7 heteroatoms. The molecule has 4 rings (SSSR count). The van der Waals surface area contributed by atoms with Crippen molar-refractivity contribution in [3.8, 4) is 0 Å². The first-order valence-electron chi connectivity index (χ1n) is 9.55. The van der Waals surface area contributed by atoms with Gasteiger partial charge in [0.05, 0.1) is 6.10 Å². The fourth-order valence-corrected chi connectivity index (χ4v) is 3.66. The highest BCUT2D eigenvalue weighted by Gasteiger charge is 2.24. The van der Waals surface area contributed by atoms with Crippen LogP contribution in [0, 0.1) is 0 Å². The molecule has 0 bridgehead atoms. The Bertz CT molecular complexity index is 837. The van der Waals surface area contributed by atoms with E-state index in [2.05, 4.69) is 10.3 Å². The summed E-state index contributed by atoms with van der Waals surface area (Å²) in [4.78, 5) is 32.6. The van der Waals surface area contributed by atoms with Crippen LogP contribution in [0.3, 0.4) is 0 Å². The number of hydrogen-bond donors (Lipinski definition) is 1. The second-order valence-corrected chi connectivity index (χ2v) is 7.33. The van der Waals surface area contributed by atoms with E-state index in [1.807, 2.05) is 6.07 Å². The zero-order chi connectivity index (χ0) is 19.5. The quantitative estimate of drug-likeness (QED) is 0.885. The number of urea groups is 1. The molecule has 28 heavy (non-hydrogen) atoms. The summed E-state index contributed by atoms with van der Waals surface area (Å²) in [6.07, 6.45) is 5.73. The van der Waals surface area contributed by atoms with E-state index in [0.29, 0.717) is 30.9 Å². The van der Waals surface area contributed by atoms with Crippen LogP contribution in [0.5, 0.6) is 0 Å². The topological polar surface area (TPSA) is 74.8 Å². The maximum Gasteiger partial charge on any atom is 0.322 e. The minimum absolute atomic E-state index is 0.0455. The van der Waals surface area contributed by atoms with Crippen LogP contribution in [-0.4, -0.2) is 53.0 Å². The van der Waals surface area contributed by atoms with Crippen molar-refractivity contribution in [1.82, 2.24) is 14.8 Å². The lowest BCUT2D eigenvalue weighted by Crippen LogP contribution is -2.34. The first kappa shape index (κ1) is 18.4. The molecule has 2 aromatic rings. The smallest absolute Gasteiger partial charge is 0.322 e. The van der Waals surface area contributed by atoms with E-state index in [4.69, 9.17) is 4.74 Å². The zero-order valence-corrected chi connectivity index (χ0v) is 15.9. The molecule has 1 saturated heterocycles. The Kier molecular flexibility index (Phi) is 5.25. The summed E-state index contributed by atoms with van der Waals surface area (Å²) in [6, 6.07) is 8.78. The normalized spacial score (nSPS) is 18.0. The molecule has 0 saturated carbocycles. The average Bonchev–Trinajstić information content (AvgIpc) is 3.37. The number of aromatic nitrogens is 1. The highest BCUT2D eigenvalue weighted by atomic mass is 16.5. The van der Waals surface area contributed by atoms with Crippen LogP contribution in [0.4, 0.5) is 10.5 Å². The Morgan fingerprint density at radius 3 is 2.71 bits per heavy atom. The Labute approximate surface area is 164 Å². The van der Waals surface area contributed by atoms with Gasteiger partial charge in [-0.1, -0.05) is 0 Å². The number of amides is 3. The van der Waals surface area contributed by atoms with Crippen molar-refractivity contribution in [3.63, 3.8) is 0 Å². The highest BCUT2D eigenvalue weighted by Crippen LogP contribution is 2.22. The number of pyridine rings is 1. The number of nitrogens with zero attached hydrogens (tertiary/aromatic N) is 3. The van der Waals surface area contributed by atoms with Crippen molar-refractivity contribution in [1.29, 1.82) is 0 Å². The summed E-state index contributed by atoms with van der Waals surface area (Å²) in [5, 5.41) is 2.89. The first-order chi connectivity index (χ1) is 13.6. The largest absolute Gasteiger partial charge is 0.376 e. The van der Waals surface area contributed by atoms with Crippen LogP contribution in [0.1, 0.15) is 34.3 Å². The molecule has 1 unspecified atom stereocenters. The van der Waals surface area contributed by atoms with E-state index in [1.165, 1.54) is 0 Å². The molecule has 3 heterocycles. The lowest BCUT2D eigenvalue weighted by Gasteiger charge is -2.21. The maximum atomic E-state index is 12.6. The van der Waals surface area contributed by atoms with Gasteiger partial charge in [-0.05, 0) is 54.3 Å². The second-order valence-electron chi connectivity index (χ2n) is 7.33. The van der Waals surface area contributed by atoms with Gasteiger partial charge in [0.25, 0.3) is 5.91 Å². The summed E-state index contributed by atoms with van der Waals surface area (Å²) in [7, 11) is 1.79. The number of nitrogens with one attached hydrogen (secondary N) is 1. The van der Waals surface area contributed by atoms with E-state index in [0.717, 1.165) is 30.6 Å². The molecule has 2 aliphatic rings. The molecular formula is C21H24N4O3. The van der Waals surface area contributed by atoms with E-state index in [9.17, 15) is 9.59 Å². The third-order valence-corrected chi connectivity index (χ3v) is 5.25. The van der Waals surface area contributed by atoms with E-state index < -0.39 is 0 Å². The Hall–Kier alpha value is -2.93. The Balaban J connectivity index is 1.33. The maximum absolute atomic E-state index is 12.6. The first-order valence-corrected chi connectivity index (χ1v) is 9.55. The number of anilines is 1. The lowest BCUT2D eigenvalue weighted by atomic mass is 10.1. The monoisotopic (exact) mass is 380 g/mol. The number of rotatable bonds is 4. The van der Waals surface area contributed by atoms with Crippen molar-refractivity contribution >= 4 is 17.6 Å². The van der Waals surface area contributed by atoms with Crippen molar-refractivity contribution in [2.45, 2.75) is 32.0 Å². The molecule has 0 radical (unpaired) electrons. The van der Waals surface area contributed by atoms with Gasteiger partial charge in [0.1, 0.15) is 0 Å². The fourth-order valence-electron chi connectivity index (χ4n) is 3.66. The molecule has 7 nitrogen and oxygen atoms in total. The van der Waals surface area contributed by atoms with Gasteiger partial charge in [-0.15, -0.1) is 0 Å². The number of fused-ring (bicyclic) bond motifs is 1. The zero-order valence-electron chi connectivity index (χ0n) is 15.9. The van der Waals surface area contributed by atoms with Crippen LogP contribution in [0.2, 0.25) is 0 Å². The van der Waals surface area contributed by atoms with Gasteiger partial charge < -0.3 is 19.9 Å². The predicted molar refractivity (Wildman–Crippen MR) is 105 cm³/mol. The molecular weight excluding hydrogens is 356 g/mol. The van der Waals surface area contributed by atoms with Crippen molar-refractivity contribution in [2.24, 2.45) is 0 Å². The van der Waals surface area contributed by atoms with Crippen molar-refractivity contribution < 1.29 is 14.3 Å². The van der Waals surface area contributed by atoms with Gasteiger partial charge in [-0.2, -0.15) is 0 Å². The molecule has 0 aliphatic carbocycles. The summed E-state index contributed by atoms with van der Waals surface area (Å²) < 4.78 is 5.59. The van der Waals surface area contributed by atoms with E-state index >= 15 is 0 Å². The van der Waals surface area contributed by atoms with Crippen molar-refractivity contribution in [3.05, 3.63) is 59.4 Å². The number of ether oxygens (including phenoxy) is 1. The van der Waals surface area contributed by atoms with Crippen LogP contribution >= 0.6 is 0 Å². The summed E-state index contributed by atoms with van der Waals surface area (Å²) in [5.41, 5.74) is 3.46. The molecule has 1 fully saturated rings. The van der Waals surface area contributed by atoms with Crippen LogP contribution < -0.4 is 5.32 Å². The van der Waals surface area contributed by atoms with Crippen LogP contribution in [0.25, 0.3) is 0 Å². The molecule has 1 N–H and O–H groups in total. The average molecular weight is 380 g/mol. The molecule has 3 amide bonds. The number of carbonyl (C=O) groups is 2. The standard InChI is InChI=1S/C21H24N4O3/c1-24(14-19-3-2-10-28-19)20(26)15-4-6-18(7-5-15)23-21(27)25-12-16-8-9-22-11-17(16)13-25/h4-9,11,19H,2-3,10,12-14H2,1H3,(H,23,27). The van der Waals surface area contributed by atoms with E-state index in [-0.39, 0.29) is 18.0 Å². The second kappa shape index (κ2) is 7.98. The number of benzene rings is 1.